The maximum absolute atomic E-state index is 10.1. The van der Waals surface area contributed by atoms with Gasteiger partial charge in [0.25, 0.3) is 0 Å². The van der Waals surface area contributed by atoms with Gasteiger partial charge in [0.2, 0.25) is 5.79 Å². The zero-order valence-corrected chi connectivity index (χ0v) is 12.5. The van der Waals surface area contributed by atoms with Gasteiger partial charge in [-0.25, -0.2) is 0 Å². The zero-order valence-electron chi connectivity index (χ0n) is 11.7. The van der Waals surface area contributed by atoms with Crippen LogP contribution in [0.15, 0.2) is 0 Å². The van der Waals surface area contributed by atoms with E-state index in [4.69, 9.17) is 4.74 Å². The third kappa shape index (κ3) is 4.00. The van der Waals surface area contributed by atoms with E-state index in [1.807, 2.05) is 21.1 Å². The van der Waals surface area contributed by atoms with E-state index in [1.165, 1.54) is 0 Å². The number of rotatable bonds is 4. The molecular weight excluding hydrogens is 294 g/mol. The lowest BCUT2D eigenvalue weighted by Gasteiger charge is -2.47. The van der Waals surface area contributed by atoms with Crippen LogP contribution in [0.25, 0.3) is 0 Å². The summed E-state index contributed by atoms with van der Waals surface area (Å²) < 4.78 is 5.59. The topological polar surface area (TPSA) is 131 Å². The maximum atomic E-state index is 10.1. The highest BCUT2D eigenvalue weighted by Gasteiger charge is 2.58. The third-order valence-electron chi connectivity index (χ3n) is 3.29. The van der Waals surface area contributed by atoms with Crippen LogP contribution in [-0.4, -0.2) is 106 Å². The highest BCUT2D eigenvalue weighted by Crippen LogP contribution is 2.31. The Labute approximate surface area is 123 Å². The van der Waals surface area contributed by atoms with Crippen LogP contribution in [0, 0.1) is 0 Å². The normalized spacial score (nSPS) is 42.1. The highest BCUT2D eigenvalue weighted by molar-refractivity contribution is 5.03. The fourth-order valence-electron chi connectivity index (χ4n) is 1.89. The summed E-state index contributed by atoms with van der Waals surface area (Å²) in [7, 11) is 5.65. The number of quaternary nitrogens is 1. The molecule has 0 radical (unpaired) electrons. The molecule has 8 nitrogen and oxygen atoms in total. The zero-order chi connectivity index (χ0) is 15.0. The van der Waals surface area contributed by atoms with Gasteiger partial charge in [-0.15, -0.1) is 0 Å². The van der Waals surface area contributed by atoms with Gasteiger partial charge in [0.05, 0.1) is 27.7 Å². The molecule has 0 unspecified atom stereocenters. The molecule has 122 valence electrons. The van der Waals surface area contributed by atoms with Crippen molar-refractivity contribution in [2.45, 2.75) is 36.3 Å². The molecular formula is C11H24ClNO7. The summed E-state index contributed by atoms with van der Waals surface area (Å²) in [5, 5.41) is 58.0. The molecule has 0 heterocycles. The molecule has 1 rings (SSSR count). The quantitative estimate of drug-likeness (QED) is 0.224. The number of hydrogen-bond acceptors (Lipinski definition) is 7. The molecule has 1 fully saturated rings. The van der Waals surface area contributed by atoms with Crippen LogP contribution in [0.1, 0.15) is 0 Å². The first-order chi connectivity index (χ1) is 8.50. The van der Waals surface area contributed by atoms with Crippen molar-refractivity contribution in [1.29, 1.82) is 0 Å². The van der Waals surface area contributed by atoms with Crippen LogP contribution in [0.5, 0.6) is 0 Å². The average molecular weight is 318 g/mol. The first-order valence-electron chi connectivity index (χ1n) is 6.08. The number of likely N-dealkylation sites (N-methyl/N-ethyl adjacent to an activating group) is 1. The second-order valence-corrected chi connectivity index (χ2v) is 5.98. The van der Waals surface area contributed by atoms with Crippen molar-refractivity contribution in [2.24, 2.45) is 0 Å². The lowest BCUT2D eigenvalue weighted by atomic mass is 9.82. The predicted molar refractivity (Wildman–Crippen MR) is 63.8 cm³/mol. The fraction of sp³-hybridized carbons (Fsp3) is 1.00. The Hall–Kier alpha value is -0.0300. The van der Waals surface area contributed by atoms with E-state index in [-0.39, 0.29) is 19.0 Å². The molecule has 9 heteroatoms. The minimum atomic E-state index is -2.52. The number of aliphatic hydroxyl groups is 6. The second kappa shape index (κ2) is 6.82. The lowest BCUT2D eigenvalue weighted by Crippen LogP contribution is -3.00. The number of aliphatic hydroxyl groups excluding tert-OH is 5. The van der Waals surface area contributed by atoms with Gasteiger partial charge in [-0.2, -0.15) is 0 Å². The Balaban J connectivity index is 0.00000361. The molecule has 1 aliphatic rings. The first kappa shape index (κ1) is 20.0. The van der Waals surface area contributed by atoms with Gasteiger partial charge >= 0.3 is 0 Å². The van der Waals surface area contributed by atoms with Gasteiger partial charge < -0.3 is 52.3 Å². The number of hydrogen-bond donors (Lipinski definition) is 6. The summed E-state index contributed by atoms with van der Waals surface area (Å²) >= 11 is 0. The number of nitrogens with zero attached hydrogens (tertiary/aromatic N) is 1. The summed E-state index contributed by atoms with van der Waals surface area (Å²) in [5.74, 6) is -2.52. The minimum Gasteiger partial charge on any atom is -1.00 e. The van der Waals surface area contributed by atoms with Crippen molar-refractivity contribution < 1.29 is 52.3 Å². The Morgan fingerprint density at radius 3 is 1.65 bits per heavy atom. The summed E-state index contributed by atoms with van der Waals surface area (Å²) in [4.78, 5) is 0. The Morgan fingerprint density at radius 2 is 1.30 bits per heavy atom. The summed E-state index contributed by atoms with van der Waals surface area (Å²) in [6, 6.07) is 0. The van der Waals surface area contributed by atoms with E-state index < -0.39 is 36.3 Å². The number of halogens is 1. The van der Waals surface area contributed by atoms with Crippen LogP contribution in [0.3, 0.4) is 0 Å². The smallest absolute Gasteiger partial charge is 0.224 e. The monoisotopic (exact) mass is 317 g/mol. The van der Waals surface area contributed by atoms with Crippen LogP contribution in [-0.2, 0) is 4.74 Å². The van der Waals surface area contributed by atoms with Gasteiger partial charge in [-0.3, -0.25) is 0 Å². The van der Waals surface area contributed by atoms with Gasteiger partial charge in [-0.05, 0) is 0 Å². The minimum absolute atomic E-state index is 0. The van der Waals surface area contributed by atoms with E-state index in [9.17, 15) is 30.6 Å². The second-order valence-electron chi connectivity index (χ2n) is 5.98. The largest absolute Gasteiger partial charge is 1.00 e. The molecule has 0 aromatic carbocycles. The molecule has 6 N–H and O–H groups in total. The van der Waals surface area contributed by atoms with Crippen LogP contribution in [0.4, 0.5) is 0 Å². The molecule has 1 saturated carbocycles. The van der Waals surface area contributed by atoms with Crippen molar-refractivity contribution in [2.75, 3.05) is 34.3 Å². The highest BCUT2D eigenvalue weighted by atomic mass is 35.5. The standard InChI is InChI=1S/C11H24NO7.ClH/c1-12(2,3)4-5-19-11(18)9(16)7(14)6(13)8(15)10(11)17;/h6-10,13-18H,4-5H2,1-3H3;1H/q+1;/p-1/t6-,7-,8+,9-,10-,11-;/m1./s1. The molecule has 6 atom stereocenters. The Kier molecular flexibility index (Phi) is 6.81. The van der Waals surface area contributed by atoms with E-state index >= 15 is 0 Å². The first-order valence-corrected chi connectivity index (χ1v) is 6.08. The van der Waals surface area contributed by atoms with E-state index in [0.29, 0.717) is 11.0 Å². The van der Waals surface area contributed by atoms with Gasteiger partial charge in [-0.1, -0.05) is 0 Å². The van der Waals surface area contributed by atoms with Gasteiger partial charge in [0.15, 0.2) is 0 Å². The molecule has 0 aliphatic heterocycles. The van der Waals surface area contributed by atoms with E-state index in [1.54, 1.807) is 0 Å². The number of ether oxygens (including phenoxy) is 1. The van der Waals surface area contributed by atoms with Crippen molar-refractivity contribution in [3.63, 3.8) is 0 Å². The van der Waals surface area contributed by atoms with Crippen molar-refractivity contribution in [1.82, 2.24) is 0 Å². The summed E-state index contributed by atoms with van der Waals surface area (Å²) in [6.45, 7) is 0.458. The fourth-order valence-corrected chi connectivity index (χ4v) is 1.89. The van der Waals surface area contributed by atoms with Crippen molar-refractivity contribution >= 4 is 0 Å². The molecule has 0 bridgehead atoms. The molecule has 1 aliphatic carbocycles. The average Bonchev–Trinajstić information content (AvgIpc) is 2.30. The molecule has 0 spiro atoms. The van der Waals surface area contributed by atoms with E-state index in [2.05, 4.69) is 0 Å². The van der Waals surface area contributed by atoms with Crippen LogP contribution in [0.2, 0.25) is 0 Å². The SMILES string of the molecule is C[N+](C)(C)CCO[C@]1(O)[C@H](O)[C@H](O)[C@@H](O)[C@H](O)[C@H]1O.[Cl-]. The van der Waals surface area contributed by atoms with Crippen molar-refractivity contribution in [3.8, 4) is 0 Å². The van der Waals surface area contributed by atoms with E-state index in [0.717, 1.165) is 0 Å². The Morgan fingerprint density at radius 1 is 0.900 bits per heavy atom. The Bertz CT molecular complexity index is 296. The molecule has 0 aromatic rings. The molecule has 0 aromatic heterocycles. The van der Waals surface area contributed by atoms with Crippen LogP contribution >= 0.6 is 0 Å². The van der Waals surface area contributed by atoms with Crippen LogP contribution < -0.4 is 12.4 Å². The third-order valence-corrected chi connectivity index (χ3v) is 3.29. The summed E-state index contributed by atoms with van der Waals surface area (Å²) in [6.07, 6.45) is -9.23. The molecule has 0 saturated heterocycles. The van der Waals surface area contributed by atoms with Crippen molar-refractivity contribution in [3.05, 3.63) is 0 Å². The predicted octanol–water partition coefficient (Wildman–Crippen LogP) is -6.78. The maximum Gasteiger partial charge on any atom is 0.224 e. The van der Waals surface area contributed by atoms with Gasteiger partial charge in [0, 0.05) is 0 Å². The molecule has 0 amide bonds. The summed E-state index contributed by atoms with van der Waals surface area (Å²) in [5.41, 5.74) is 0. The molecule has 20 heavy (non-hydrogen) atoms. The van der Waals surface area contributed by atoms with Gasteiger partial charge in [0.1, 0.15) is 37.1 Å². The lowest BCUT2D eigenvalue weighted by molar-refractivity contribution is -0.871.